The summed E-state index contributed by atoms with van der Waals surface area (Å²) in [5.41, 5.74) is 7.53. The number of fused-ring (bicyclic) bond motifs is 1. The lowest BCUT2D eigenvalue weighted by Gasteiger charge is -2.19. The zero-order valence-electron chi connectivity index (χ0n) is 11.8. The molecule has 2 aliphatic carbocycles. The number of aryl methyl sites for hydroxylation is 2. The highest BCUT2D eigenvalue weighted by Gasteiger charge is 2.19. The monoisotopic (exact) mass is 258 g/mol. The molecule has 2 heteroatoms. The molecule has 1 aromatic carbocycles. The Hall–Kier alpha value is -0.860. The van der Waals surface area contributed by atoms with Crippen molar-refractivity contribution in [2.45, 2.75) is 63.8 Å². The Kier molecular flexibility index (Phi) is 4.19. The topological polar surface area (TPSA) is 38.0 Å². The van der Waals surface area contributed by atoms with Crippen LogP contribution in [0.4, 0.5) is 0 Å². The maximum atomic E-state index is 5.78. The Morgan fingerprint density at radius 3 is 2.68 bits per heavy atom. The van der Waals surface area contributed by atoms with E-state index >= 15 is 0 Å². The van der Waals surface area contributed by atoms with E-state index < -0.39 is 0 Å². The van der Waals surface area contributed by atoms with Gasteiger partial charge in [-0.05, 0) is 54.7 Å². The number of nitrogens with two attached hydrogens (primary N) is 1. The van der Waals surface area contributed by atoms with Crippen LogP contribution in [-0.4, -0.2) is 0 Å². The van der Waals surface area contributed by atoms with E-state index in [1.165, 1.54) is 63.4 Å². The lowest BCUT2D eigenvalue weighted by atomic mass is 9.93. The van der Waals surface area contributed by atoms with E-state index in [1.807, 2.05) is 0 Å². The third-order valence-electron chi connectivity index (χ3n) is 5.06. The standard InChI is InChI=1S/C17H26N2/c18-19-17(11-8-13-4-1-2-5-13)16-10-9-14-6-3-7-15(14)12-16/h9-10,12-13,17,19H,1-8,11,18H2. The van der Waals surface area contributed by atoms with Crippen LogP contribution in [0.2, 0.25) is 0 Å². The molecule has 0 saturated heterocycles. The van der Waals surface area contributed by atoms with Gasteiger partial charge in [0, 0.05) is 6.04 Å². The average Bonchev–Trinajstić information content (AvgIpc) is 3.09. The van der Waals surface area contributed by atoms with Crippen LogP contribution in [0.3, 0.4) is 0 Å². The van der Waals surface area contributed by atoms with E-state index in [-0.39, 0.29) is 0 Å². The second-order valence-electron chi connectivity index (χ2n) is 6.33. The molecular formula is C17H26N2. The van der Waals surface area contributed by atoms with E-state index in [4.69, 9.17) is 5.84 Å². The highest BCUT2D eigenvalue weighted by molar-refractivity contribution is 5.36. The third-order valence-corrected chi connectivity index (χ3v) is 5.06. The van der Waals surface area contributed by atoms with Crippen LogP contribution in [0, 0.1) is 5.92 Å². The average molecular weight is 258 g/mol. The van der Waals surface area contributed by atoms with Crippen molar-refractivity contribution in [2.75, 3.05) is 0 Å². The van der Waals surface area contributed by atoms with Crippen LogP contribution >= 0.6 is 0 Å². The molecule has 0 amide bonds. The van der Waals surface area contributed by atoms with Gasteiger partial charge >= 0.3 is 0 Å². The minimum atomic E-state index is 0.339. The van der Waals surface area contributed by atoms with E-state index in [0.29, 0.717) is 6.04 Å². The number of hydrogen-bond donors (Lipinski definition) is 2. The molecule has 1 saturated carbocycles. The maximum Gasteiger partial charge on any atom is 0.0460 e. The molecule has 2 aliphatic rings. The minimum absolute atomic E-state index is 0.339. The molecule has 1 fully saturated rings. The Morgan fingerprint density at radius 1 is 1.11 bits per heavy atom. The van der Waals surface area contributed by atoms with Crippen molar-refractivity contribution in [3.63, 3.8) is 0 Å². The van der Waals surface area contributed by atoms with Crippen LogP contribution < -0.4 is 11.3 Å². The van der Waals surface area contributed by atoms with Crippen LogP contribution in [0.1, 0.15) is 67.7 Å². The molecule has 0 radical (unpaired) electrons. The molecule has 19 heavy (non-hydrogen) atoms. The van der Waals surface area contributed by atoms with Gasteiger partial charge in [-0.2, -0.15) is 0 Å². The zero-order chi connectivity index (χ0) is 13.1. The smallest absolute Gasteiger partial charge is 0.0460 e. The van der Waals surface area contributed by atoms with Crippen molar-refractivity contribution in [1.82, 2.24) is 5.43 Å². The fraction of sp³-hybridized carbons (Fsp3) is 0.647. The van der Waals surface area contributed by atoms with E-state index in [0.717, 1.165) is 5.92 Å². The number of benzene rings is 1. The molecule has 0 bridgehead atoms. The third kappa shape index (κ3) is 3.01. The number of rotatable bonds is 5. The molecule has 104 valence electrons. The van der Waals surface area contributed by atoms with Crippen molar-refractivity contribution in [2.24, 2.45) is 11.8 Å². The molecule has 3 rings (SSSR count). The second kappa shape index (κ2) is 6.06. The molecule has 0 aliphatic heterocycles. The normalized spacial score (nSPS) is 20.7. The SMILES string of the molecule is NNC(CCC1CCCC1)c1ccc2c(c1)CCC2. The Labute approximate surface area is 116 Å². The van der Waals surface area contributed by atoms with Crippen molar-refractivity contribution in [1.29, 1.82) is 0 Å². The largest absolute Gasteiger partial charge is 0.271 e. The molecule has 1 aromatic rings. The first kappa shape index (κ1) is 13.1. The first-order valence-electron chi connectivity index (χ1n) is 7.94. The van der Waals surface area contributed by atoms with Crippen molar-refractivity contribution < 1.29 is 0 Å². The summed E-state index contributed by atoms with van der Waals surface area (Å²) in [6.07, 6.45) is 12.1. The molecule has 3 N–H and O–H groups in total. The summed E-state index contributed by atoms with van der Waals surface area (Å²) in [4.78, 5) is 0. The summed E-state index contributed by atoms with van der Waals surface area (Å²) in [5.74, 6) is 6.73. The fourth-order valence-corrected chi connectivity index (χ4v) is 3.86. The molecule has 0 spiro atoms. The van der Waals surface area contributed by atoms with E-state index in [9.17, 15) is 0 Å². The Morgan fingerprint density at radius 2 is 1.89 bits per heavy atom. The first-order chi connectivity index (χ1) is 9.36. The fourth-order valence-electron chi connectivity index (χ4n) is 3.86. The van der Waals surface area contributed by atoms with Crippen LogP contribution in [0.15, 0.2) is 18.2 Å². The summed E-state index contributed by atoms with van der Waals surface area (Å²) in [6.45, 7) is 0. The summed E-state index contributed by atoms with van der Waals surface area (Å²) >= 11 is 0. The second-order valence-corrected chi connectivity index (χ2v) is 6.33. The van der Waals surface area contributed by atoms with Gasteiger partial charge < -0.3 is 0 Å². The Bertz CT molecular complexity index is 421. The van der Waals surface area contributed by atoms with Gasteiger partial charge in [0.15, 0.2) is 0 Å². The highest BCUT2D eigenvalue weighted by atomic mass is 15.2. The molecule has 0 aromatic heterocycles. The molecule has 2 nitrogen and oxygen atoms in total. The van der Waals surface area contributed by atoms with Crippen LogP contribution in [0.5, 0.6) is 0 Å². The predicted molar refractivity (Wildman–Crippen MR) is 79.7 cm³/mol. The van der Waals surface area contributed by atoms with Gasteiger partial charge in [0.05, 0.1) is 0 Å². The quantitative estimate of drug-likeness (QED) is 0.625. The van der Waals surface area contributed by atoms with Gasteiger partial charge in [-0.15, -0.1) is 0 Å². The first-order valence-corrected chi connectivity index (χ1v) is 7.94. The zero-order valence-corrected chi connectivity index (χ0v) is 11.8. The number of nitrogens with one attached hydrogen (secondary N) is 1. The van der Waals surface area contributed by atoms with Crippen molar-refractivity contribution in [3.05, 3.63) is 34.9 Å². The molecule has 1 atom stereocenters. The molecule has 0 heterocycles. The molecule has 1 unspecified atom stereocenters. The lowest BCUT2D eigenvalue weighted by Crippen LogP contribution is -2.28. The highest BCUT2D eigenvalue weighted by Crippen LogP contribution is 2.32. The predicted octanol–water partition coefficient (Wildman–Crippen LogP) is 3.65. The van der Waals surface area contributed by atoms with Gasteiger partial charge in [-0.25, -0.2) is 0 Å². The van der Waals surface area contributed by atoms with Crippen molar-refractivity contribution in [3.8, 4) is 0 Å². The van der Waals surface area contributed by atoms with Gasteiger partial charge in [-0.1, -0.05) is 43.9 Å². The van der Waals surface area contributed by atoms with Gasteiger partial charge in [0.1, 0.15) is 0 Å². The van der Waals surface area contributed by atoms with Crippen molar-refractivity contribution >= 4 is 0 Å². The summed E-state index contributed by atoms with van der Waals surface area (Å²) < 4.78 is 0. The van der Waals surface area contributed by atoms with Gasteiger partial charge in [0.2, 0.25) is 0 Å². The summed E-state index contributed by atoms with van der Waals surface area (Å²) in [6, 6.07) is 7.33. The van der Waals surface area contributed by atoms with E-state index in [1.54, 1.807) is 11.1 Å². The summed E-state index contributed by atoms with van der Waals surface area (Å²) in [5, 5.41) is 0. The van der Waals surface area contributed by atoms with Gasteiger partial charge in [0.25, 0.3) is 0 Å². The Balaban J connectivity index is 1.64. The van der Waals surface area contributed by atoms with E-state index in [2.05, 4.69) is 23.6 Å². The number of hydrogen-bond acceptors (Lipinski definition) is 2. The van der Waals surface area contributed by atoms with Gasteiger partial charge in [-0.3, -0.25) is 11.3 Å². The van der Waals surface area contributed by atoms with Crippen LogP contribution in [0.25, 0.3) is 0 Å². The number of hydrazine groups is 1. The summed E-state index contributed by atoms with van der Waals surface area (Å²) in [7, 11) is 0. The lowest BCUT2D eigenvalue weighted by molar-refractivity contribution is 0.416. The molecular weight excluding hydrogens is 232 g/mol. The minimum Gasteiger partial charge on any atom is -0.271 e. The van der Waals surface area contributed by atoms with Crippen LogP contribution in [-0.2, 0) is 12.8 Å². The maximum absolute atomic E-state index is 5.78.